The van der Waals surface area contributed by atoms with E-state index in [2.05, 4.69) is 17.5 Å². The van der Waals surface area contributed by atoms with Crippen molar-refractivity contribution < 1.29 is 28.7 Å². The number of nitrogens with one attached hydrogen (secondary N) is 1. The molecule has 0 radical (unpaired) electrons. The molecule has 1 aromatic carbocycles. The molecule has 5 N–H and O–H groups in total. The zero-order chi connectivity index (χ0) is 14.8. The molecule has 0 amide bonds. The van der Waals surface area contributed by atoms with Crippen LogP contribution in [0.25, 0.3) is 0 Å². The third-order valence-electron chi connectivity index (χ3n) is 2.00. The molecule has 1 aromatic rings. The van der Waals surface area contributed by atoms with Gasteiger partial charge in [0.2, 0.25) is 5.40 Å². The van der Waals surface area contributed by atoms with E-state index in [1.165, 1.54) is 12.1 Å². The van der Waals surface area contributed by atoms with Gasteiger partial charge in [-0.05, 0) is 12.1 Å². The highest BCUT2D eigenvalue weighted by atomic mass is 35.5. The molecule has 19 heavy (non-hydrogen) atoms. The lowest BCUT2D eigenvalue weighted by Gasteiger charge is -2.21. The summed E-state index contributed by atoms with van der Waals surface area (Å²) in [5.41, 5.74) is 0.195. The molecule has 0 saturated carbocycles. The van der Waals surface area contributed by atoms with Crippen molar-refractivity contribution in [3.63, 3.8) is 0 Å². The Kier molecular flexibility index (Phi) is 5.28. The Bertz CT molecular complexity index is 562. The van der Waals surface area contributed by atoms with Gasteiger partial charge in [-0.2, -0.15) is 0 Å². The molecule has 0 fully saturated rings. The van der Waals surface area contributed by atoms with Crippen molar-refractivity contribution >= 4 is 49.7 Å². The van der Waals surface area contributed by atoms with Gasteiger partial charge in [0.25, 0.3) is 0 Å². The number of para-hydroxylation sites is 1. The van der Waals surface area contributed by atoms with E-state index in [1.807, 2.05) is 0 Å². The van der Waals surface area contributed by atoms with Gasteiger partial charge in [0.1, 0.15) is 4.99 Å². The van der Waals surface area contributed by atoms with E-state index in [-0.39, 0.29) is 10.7 Å². The summed E-state index contributed by atoms with van der Waals surface area (Å²) < 4.78 is 22.3. The van der Waals surface area contributed by atoms with E-state index in [1.54, 1.807) is 12.1 Å². The Morgan fingerprint density at radius 3 is 2.05 bits per heavy atom. The van der Waals surface area contributed by atoms with Crippen LogP contribution in [-0.2, 0) is 9.13 Å². The molecule has 0 aromatic heterocycles. The number of halogens is 1. The summed E-state index contributed by atoms with van der Waals surface area (Å²) in [7, 11) is -10.2. The molecule has 0 saturated heterocycles. The minimum Gasteiger partial charge on any atom is -0.347 e. The zero-order valence-corrected chi connectivity index (χ0v) is 12.5. The molecular weight excluding hydrogens is 336 g/mol. The van der Waals surface area contributed by atoms with Gasteiger partial charge in [-0.15, -0.1) is 0 Å². The van der Waals surface area contributed by atoms with Crippen LogP contribution in [0, 0.1) is 0 Å². The molecule has 0 heterocycles. The average molecular weight is 346 g/mol. The van der Waals surface area contributed by atoms with E-state index in [9.17, 15) is 9.13 Å². The van der Waals surface area contributed by atoms with Crippen LogP contribution in [0.4, 0.5) is 5.69 Å². The number of rotatable bonds is 4. The minimum atomic E-state index is -5.12. The predicted molar refractivity (Wildman–Crippen MR) is 75.5 cm³/mol. The molecule has 0 aliphatic heterocycles. The quantitative estimate of drug-likeness (QED) is 0.412. The molecule has 0 aliphatic carbocycles. The van der Waals surface area contributed by atoms with Gasteiger partial charge >= 0.3 is 15.2 Å². The first-order chi connectivity index (χ1) is 8.53. The Morgan fingerprint density at radius 1 is 1.16 bits per heavy atom. The van der Waals surface area contributed by atoms with E-state index < -0.39 is 25.6 Å². The first-order valence-electron chi connectivity index (χ1n) is 4.69. The number of thiocarbonyl (C=S) groups is 1. The maximum Gasteiger partial charge on any atom is 0.347 e. The predicted octanol–water partition coefficient (Wildman–Crippen LogP) is 1.76. The van der Waals surface area contributed by atoms with Crippen molar-refractivity contribution in [1.82, 2.24) is 0 Å². The molecular formula is C8H10ClNO6P2S. The smallest absolute Gasteiger partial charge is 0.347 e. The average Bonchev–Trinajstić information content (AvgIpc) is 2.16. The fourth-order valence-electron chi connectivity index (χ4n) is 1.26. The summed E-state index contributed by atoms with van der Waals surface area (Å²) in [5, 5.41) is 0.136. The largest absolute Gasteiger partial charge is 0.347 e. The highest BCUT2D eigenvalue weighted by Gasteiger charge is 2.46. The van der Waals surface area contributed by atoms with E-state index in [0.717, 1.165) is 0 Å². The normalized spacial score (nSPS) is 12.5. The maximum atomic E-state index is 11.1. The lowest BCUT2D eigenvalue weighted by atomic mass is 10.3. The van der Waals surface area contributed by atoms with Gasteiger partial charge in [0, 0.05) is 0 Å². The summed E-state index contributed by atoms with van der Waals surface area (Å²) >= 11 is 10.5. The van der Waals surface area contributed by atoms with E-state index >= 15 is 0 Å². The standard InChI is InChI=1S/C8H10ClNO6P2S/c9-5-3-1-2-4-6(5)10-7(19)8(17(11,12)13)18(14,15)16/h1-4,8H,(H,10,19)(H2,11,12,13)(H2,14,15,16). The van der Waals surface area contributed by atoms with Crippen molar-refractivity contribution in [2.75, 3.05) is 5.32 Å². The molecule has 0 bridgehead atoms. The lowest BCUT2D eigenvalue weighted by Crippen LogP contribution is -2.26. The Hall–Kier alpha value is -0.300. The summed E-state index contributed by atoms with van der Waals surface area (Å²) in [4.78, 5) is 35.3. The Balaban J connectivity index is 3.08. The topological polar surface area (TPSA) is 127 Å². The van der Waals surface area contributed by atoms with Crippen molar-refractivity contribution in [1.29, 1.82) is 0 Å². The number of hydrogen-bond donors (Lipinski definition) is 5. The first kappa shape index (κ1) is 16.8. The van der Waals surface area contributed by atoms with Crippen molar-refractivity contribution in [2.45, 2.75) is 5.40 Å². The highest BCUT2D eigenvalue weighted by Crippen LogP contribution is 2.60. The molecule has 0 atom stereocenters. The molecule has 0 unspecified atom stereocenters. The second-order valence-corrected chi connectivity index (χ2v) is 8.16. The van der Waals surface area contributed by atoms with Gasteiger partial charge in [-0.25, -0.2) is 0 Å². The van der Waals surface area contributed by atoms with Crippen molar-refractivity contribution in [3.05, 3.63) is 29.3 Å². The number of anilines is 1. The lowest BCUT2D eigenvalue weighted by molar-refractivity contribution is 0.350. The van der Waals surface area contributed by atoms with Gasteiger partial charge in [-0.1, -0.05) is 36.0 Å². The SMILES string of the molecule is O=P(O)(O)C(C(=S)Nc1ccccc1Cl)P(=O)(O)O. The zero-order valence-electron chi connectivity index (χ0n) is 9.17. The maximum absolute atomic E-state index is 11.1. The van der Waals surface area contributed by atoms with Crippen LogP contribution in [-0.4, -0.2) is 30.0 Å². The van der Waals surface area contributed by atoms with Crippen LogP contribution in [0.15, 0.2) is 24.3 Å². The molecule has 1 rings (SSSR count). The van der Waals surface area contributed by atoms with Gasteiger partial charge in [0.05, 0.1) is 10.7 Å². The molecule has 0 spiro atoms. The van der Waals surface area contributed by atoms with E-state index in [4.69, 9.17) is 31.2 Å². The van der Waals surface area contributed by atoms with Crippen LogP contribution < -0.4 is 5.32 Å². The number of benzene rings is 1. The van der Waals surface area contributed by atoms with Gasteiger partial charge in [-0.3, -0.25) is 9.13 Å². The third kappa shape index (κ3) is 4.63. The second-order valence-electron chi connectivity index (χ2n) is 3.52. The van der Waals surface area contributed by atoms with Gasteiger partial charge in [0.15, 0.2) is 0 Å². The summed E-state index contributed by atoms with van der Waals surface area (Å²) in [6, 6.07) is 6.11. The van der Waals surface area contributed by atoms with Crippen LogP contribution in [0.2, 0.25) is 5.02 Å². The summed E-state index contributed by atoms with van der Waals surface area (Å²) in [6.45, 7) is 0. The van der Waals surface area contributed by atoms with Crippen molar-refractivity contribution in [3.8, 4) is 0 Å². The molecule has 0 aliphatic rings. The summed E-state index contributed by atoms with van der Waals surface area (Å²) in [6.07, 6.45) is 0. The van der Waals surface area contributed by atoms with Crippen LogP contribution in [0.1, 0.15) is 0 Å². The Morgan fingerprint density at radius 2 is 1.63 bits per heavy atom. The van der Waals surface area contributed by atoms with Crippen LogP contribution in [0.5, 0.6) is 0 Å². The fraction of sp³-hybridized carbons (Fsp3) is 0.125. The summed E-state index contributed by atoms with van der Waals surface area (Å²) in [5.74, 6) is 0. The third-order valence-corrected chi connectivity index (χ3v) is 6.62. The Labute approximate surface area is 118 Å². The fourth-order valence-corrected chi connectivity index (χ4v) is 4.69. The first-order valence-corrected chi connectivity index (χ1v) is 8.84. The van der Waals surface area contributed by atoms with Crippen LogP contribution in [0.3, 0.4) is 0 Å². The molecule has 11 heteroatoms. The number of hydrogen-bond acceptors (Lipinski definition) is 3. The minimum absolute atomic E-state index is 0.194. The highest BCUT2D eigenvalue weighted by molar-refractivity contribution is 7.85. The second kappa shape index (κ2) is 5.99. The van der Waals surface area contributed by atoms with Crippen molar-refractivity contribution in [2.24, 2.45) is 0 Å². The monoisotopic (exact) mass is 345 g/mol. The van der Waals surface area contributed by atoms with Gasteiger partial charge < -0.3 is 24.9 Å². The molecule has 106 valence electrons. The molecule has 7 nitrogen and oxygen atoms in total. The van der Waals surface area contributed by atoms with Crippen LogP contribution >= 0.6 is 39.0 Å². The van der Waals surface area contributed by atoms with E-state index in [0.29, 0.717) is 0 Å².